The monoisotopic (exact) mass is 371 g/mol. The van der Waals surface area contributed by atoms with Crippen LogP contribution in [0.15, 0.2) is 45.8 Å². The van der Waals surface area contributed by atoms with E-state index in [1.807, 2.05) is 25.1 Å². The number of benzene rings is 2. The average Bonchev–Trinajstić information content (AvgIpc) is 2.46. The number of aryl methyl sites for hydroxylation is 1. The fourth-order valence-electron chi connectivity index (χ4n) is 2.06. The van der Waals surface area contributed by atoms with Crippen molar-refractivity contribution < 1.29 is 8.78 Å². The van der Waals surface area contributed by atoms with E-state index >= 15 is 0 Å². The Hall–Kier alpha value is -0.910. The largest absolute Gasteiger partial charge is 0.312 e. The maximum absolute atomic E-state index is 14.2. The SMILES string of the molecule is CNC(CSc1cccc(C)c1)c1c(F)ccc(Br)c1F. The predicted molar refractivity (Wildman–Crippen MR) is 87.8 cm³/mol. The number of rotatable bonds is 5. The summed E-state index contributed by atoms with van der Waals surface area (Å²) < 4.78 is 28.4. The van der Waals surface area contributed by atoms with Crippen LogP contribution >= 0.6 is 27.7 Å². The summed E-state index contributed by atoms with van der Waals surface area (Å²) in [6.07, 6.45) is 0. The van der Waals surface area contributed by atoms with Gasteiger partial charge in [0.15, 0.2) is 0 Å². The van der Waals surface area contributed by atoms with Crippen LogP contribution in [0.2, 0.25) is 0 Å². The summed E-state index contributed by atoms with van der Waals surface area (Å²) in [6.45, 7) is 2.02. The quantitative estimate of drug-likeness (QED) is 0.580. The zero-order valence-corrected chi connectivity index (χ0v) is 14.2. The lowest BCUT2D eigenvalue weighted by Gasteiger charge is -2.18. The maximum atomic E-state index is 14.2. The molecule has 0 saturated heterocycles. The van der Waals surface area contributed by atoms with Gasteiger partial charge in [0.25, 0.3) is 0 Å². The third-order valence-corrected chi connectivity index (χ3v) is 4.88. The normalized spacial score (nSPS) is 12.4. The molecule has 2 aromatic carbocycles. The molecule has 1 atom stereocenters. The zero-order chi connectivity index (χ0) is 15.4. The Morgan fingerprint density at radius 3 is 2.67 bits per heavy atom. The molecule has 0 radical (unpaired) electrons. The van der Waals surface area contributed by atoms with Gasteiger partial charge in [-0.05, 0) is 54.2 Å². The molecule has 0 amide bonds. The zero-order valence-electron chi connectivity index (χ0n) is 11.8. The highest BCUT2D eigenvalue weighted by Crippen LogP contribution is 2.30. The van der Waals surface area contributed by atoms with Crippen LogP contribution in [0.5, 0.6) is 0 Å². The fraction of sp³-hybridized carbons (Fsp3) is 0.250. The minimum atomic E-state index is -0.542. The first-order valence-electron chi connectivity index (χ1n) is 6.53. The van der Waals surface area contributed by atoms with Gasteiger partial charge in [0.05, 0.1) is 4.47 Å². The summed E-state index contributed by atoms with van der Waals surface area (Å²) in [5.74, 6) is -0.524. The Morgan fingerprint density at radius 1 is 1.24 bits per heavy atom. The molecule has 0 heterocycles. The number of thioether (sulfide) groups is 1. The van der Waals surface area contributed by atoms with Gasteiger partial charge in [-0.25, -0.2) is 8.78 Å². The highest BCUT2D eigenvalue weighted by Gasteiger charge is 2.21. The van der Waals surface area contributed by atoms with Crippen molar-refractivity contribution in [1.82, 2.24) is 5.32 Å². The van der Waals surface area contributed by atoms with Crippen LogP contribution in [0, 0.1) is 18.6 Å². The van der Waals surface area contributed by atoms with Gasteiger partial charge in [-0.2, -0.15) is 0 Å². The highest BCUT2D eigenvalue weighted by molar-refractivity contribution is 9.10. The summed E-state index contributed by atoms with van der Waals surface area (Å²) in [6, 6.07) is 10.3. The number of hydrogen-bond acceptors (Lipinski definition) is 2. The Bertz CT molecular complexity index is 634. The second-order valence-electron chi connectivity index (χ2n) is 4.73. The Morgan fingerprint density at radius 2 is 2.00 bits per heavy atom. The van der Waals surface area contributed by atoms with Crippen LogP contribution in [0.3, 0.4) is 0 Å². The first-order chi connectivity index (χ1) is 10.0. The van der Waals surface area contributed by atoms with Crippen molar-refractivity contribution in [3.05, 3.63) is 63.6 Å². The number of nitrogens with one attached hydrogen (secondary N) is 1. The topological polar surface area (TPSA) is 12.0 Å². The molecule has 0 saturated carbocycles. The number of halogens is 3. The highest BCUT2D eigenvalue weighted by atomic mass is 79.9. The molecule has 0 aliphatic heterocycles. The van der Waals surface area contributed by atoms with E-state index < -0.39 is 17.7 Å². The minimum absolute atomic E-state index is 0.0760. The maximum Gasteiger partial charge on any atom is 0.145 e. The van der Waals surface area contributed by atoms with Gasteiger partial charge in [0.2, 0.25) is 0 Å². The fourth-order valence-corrected chi connectivity index (χ4v) is 3.54. The van der Waals surface area contributed by atoms with Crippen LogP contribution in [0.1, 0.15) is 17.2 Å². The van der Waals surface area contributed by atoms with E-state index in [0.717, 1.165) is 4.90 Å². The molecule has 21 heavy (non-hydrogen) atoms. The first kappa shape index (κ1) is 16.5. The van der Waals surface area contributed by atoms with Gasteiger partial charge in [-0.3, -0.25) is 0 Å². The molecule has 1 N–H and O–H groups in total. The lowest BCUT2D eigenvalue weighted by atomic mass is 10.1. The van der Waals surface area contributed by atoms with Crippen molar-refractivity contribution in [1.29, 1.82) is 0 Å². The van der Waals surface area contributed by atoms with Crippen molar-refractivity contribution in [2.24, 2.45) is 0 Å². The summed E-state index contributed by atoms with van der Waals surface area (Å²) in [7, 11) is 1.71. The molecule has 2 aromatic rings. The van der Waals surface area contributed by atoms with Crippen molar-refractivity contribution in [3.8, 4) is 0 Å². The lowest BCUT2D eigenvalue weighted by molar-refractivity contribution is 0.510. The smallest absolute Gasteiger partial charge is 0.145 e. The van der Waals surface area contributed by atoms with Gasteiger partial charge in [-0.1, -0.05) is 17.7 Å². The minimum Gasteiger partial charge on any atom is -0.312 e. The average molecular weight is 372 g/mol. The van der Waals surface area contributed by atoms with Gasteiger partial charge >= 0.3 is 0 Å². The molecule has 1 nitrogen and oxygen atoms in total. The molecule has 0 aliphatic rings. The molecule has 1 unspecified atom stereocenters. The summed E-state index contributed by atoms with van der Waals surface area (Å²) in [4.78, 5) is 1.09. The molecule has 0 bridgehead atoms. The summed E-state index contributed by atoms with van der Waals surface area (Å²) in [5.41, 5.74) is 1.24. The number of hydrogen-bond donors (Lipinski definition) is 1. The van der Waals surface area contributed by atoms with Gasteiger partial charge in [0.1, 0.15) is 11.6 Å². The van der Waals surface area contributed by atoms with E-state index in [0.29, 0.717) is 5.75 Å². The lowest BCUT2D eigenvalue weighted by Crippen LogP contribution is -2.21. The van der Waals surface area contributed by atoms with E-state index in [-0.39, 0.29) is 10.0 Å². The Kier molecular flexibility index (Phi) is 5.79. The molecule has 2 rings (SSSR count). The van der Waals surface area contributed by atoms with Crippen LogP contribution in [-0.4, -0.2) is 12.8 Å². The van der Waals surface area contributed by atoms with Crippen molar-refractivity contribution >= 4 is 27.7 Å². The third-order valence-electron chi connectivity index (χ3n) is 3.18. The van der Waals surface area contributed by atoms with Crippen molar-refractivity contribution in [2.45, 2.75) is 17.9 Å². The molecule has 5 heteroatoms. The van der Waals surface area contributed by atoms with Gasteiger partial charge in [0, 0.05) is 22.3 Å². The second kappa shape index (κ2) is 7.38. The van der Waals surface area contributed by atoms with Gasteiger partial charge < -0.3 is 5.32 Å². The third kappa shape index (κ3) is 4.05. The second-order valence-corrected chi connectivity index (χ2v) is 6.67. The van der Waals surface area contributed by atoms with Gasteiger partial charge in [-0.15, -0.1) is 11.8 Å². The van der Waals surface area contributed by atoms with E-state index in [1.54, 1.807) is 18.8 Å². The van der Waals surface area contributed by atoms with Crippen LogP contribution in [0.4, 0.5) is 8.78 Å². The standard InChI is InChI=1S/C16H16BrF2NS/c1-10-4-3-5-11(8-10)21-9-14(20-2)15-13(18)7-6-12(17)16(15)19/h3-8,14,20H,9H2,1-2H3. The van der Waals surface area contributed by atoms with Crippen LogP contribution in [-0.2, 0) is 0 Å². The Balaban J connectivity index is 2.19. The van der Waals surface area contributed by atoms with E-state index in [9.17, 15) is 8.78 Å². The van der Waals surface area contributed by atoms with Crippen LogP contribution in [0.25, 0.3) is 0 Å². The molecular formula is C16H16BrF2NS. The molecule has 0 aromatic heterocycles. The van der Waals surface area contributed by atoms with Crippen LogP contribution < -0.4 is 5.32 Å². The molecule has 0 aliphatic carbocycles. The van der Waals surface area contributed by atoms with E-state index in [4.69, 9.17) is 0 Å². The van der Waals surface area contributed by atoms with E-state index in [1.165, 1.54) is 17.7 Å². The Labute approximate surface area is 136 Å². The van der Waals surface area contributed by atoms with Crippen molar-refractivity contribution in [3.63, 3.8) is 0 Å². The summed E-state index contributed by atoms with van der Waals surface area (Å²) >= 11 is 4.68. The first-order valence-corrected chi connectivity index (χ1v) is 8.31. The van der Waals surface area contributed by atoms with E-state index in [2.05, 4.69) is 27.3 Å². The molecule has 0 spiro atoms. The predicted octanol–water partition coefficient (Wildman–Crippen LogP) is 5.09. The molecule has 112 valence electrons. The molecular weight excluding hydrogens is 356 g/mol. The summed E-state index contributed by atoms with van der Waals surface area (Å²) in [5, 5.41) is 2.99. The van der Waals surface area contributed by atoms with Crippen molar-refractivity contribution in [2.75, 3.05) is 12.8 Å². The molecule has 0 fully saturated rings.